The predicted molar refractivity (Wildman–Crippen MR) is 61.0 cm³/mol. The molecular weight excluding hydrogens is 190 g/mol. The zero-order valence-electron chi connectivity index (χ0n) is 9.44. The van der Waals surface area contributed by atoms with Crippen molar-refractivity contribution in [2.45, 2.75) is 26.8 Å². The van der Waals surface area contributed by atoms with E-state index in [0.29, 0.717) is 0 Å². The standard InChI is InChI=1S/C11H17N3O/c1-11(2,3)9-4-10-13-8(6-15)5-14(10)7-12-9/h4,7-8,15H,5-6H2,1-3H3/t8-/m1/s1. The molecule has 4 nitrogen and oxygen atoms in total. The lowest BCUT2D eigenvalue weighted by molar-refractivity contribution is 0.265. The Morgan fingerprint density at radius 3 is 2.87 bits per heavy atom. The SMILES string of the molecule is CC(C)(C)C1=CC2=N[C@@H](CO)CN2C=N1. The van der Waals surface area contributed by atoms with Crippen LogP contribution < -0.4 is 0 Å². The van der Waals surface area contributed by atoms with Gasteiger partial charge in [0.2, 0.25) is 0 Å². The highest BCUT2D eigenvalue weighted by molar-refractivity contribution is 6.03. The van der Waals surface area contributed by atoms with Crippen molar-refractivity contribution in [3.63, 3.8) is 0 Å². The van der Waals surface area contributed by atoms with E-state index in [1.54, 1.807) is 0 Å². The Balaban J connectivity index is 2.25. The van der Waals surface area contributed by atoms with Crippen molar-refractivity contribution in [2.75, 3.05) is 13.2 Å². The summed E-state index contributed by atoms with van der Waals surface area (Å²) in [6.45, 7) is 7.23. The molecule has 0 unspecified atom stereocenters. The number of allylic oxidation sites excluding steroid dienone is 1. The fourth-order valence-corrected chi connectivity index (χ4v) is 1.65. The van der Waals surface area contributed by atoms with E-state index in [2.05, 4.69) is 30.8 Å². The molecule has 0 bridgehead atoms. The van der Waals surface area contributed by atoms with Crippen LogP contribution in [0.4, 0.5) is 0 Å². The molecule has 2 heterocycles. The summed E-state index contributed by atoms with van der Waals surface area (Å²) in [6, 6.07) is 0.00187. The van der Waals surface area contributed by atoms with Gasteiger partial charge in [-0.1, -0.05) is 20.8 Å². The number of hydrogen-bond donors (Lipinski definition) is 1. The van der Waals surface area contributed by atoms with Crippen LogP contribution in [0.3, 0.4) is 0 Å². The number of amidine groups is 1. The summed E-state index contributed by atoms with van der Waals surface area (Å²) in [6.07, 6.45) is 3.82. The molecule has 0 aromatic rings. The average Bonchev–Trinajstić information content (AvgIpc) is 2.57. The molecule has 0 saturated carbocycles. The Labute approximate surface area is 90.0 Å². The van der Waals surface area contributed by atoms with E-state index in [1.807, 2.05) is 17.3 Å². The summed E-state index contributed by atoms with van der Waals surface area (Å²) in [5.41, 5.74) is 1.08. The second kappa shape index (κ2) is 3.45. The second-order valence-electron chi connectivity index (χ2n) is 5.00. The molecule has 2 aliphatic heterocycles. The molecule has 0 fully saturated rings. The van der Waals surface area contributed by atoms with Crippen molar-refractivity contribution in [3.05, 3.63) is 11.8 Å². The Hall–Kier alpha value is -1.16. The highest BCUT2D eigenvalue weighted by Gasteiger charge is 2.27. The summed E-state index contributed by atoms with van der Waals surface area (Å²) in [4.78, 5) is 10.8. The third-order valence-corrected chi connectivity index (χ3v) is 2.60. The molecule has 0 aromatic carbocycles. The van der Waals surface area contributed by atoms with Crippen LogP contribution in [0.1, 0.15) is 20.8 Å². The maximum absolute atomic E-state index is 9.04. The van der Waals surface area contributed by atoms with E-state index >= 15 is 0 Å². The molecule has 1 atom stereocenters. The maximum Gasteiger partial charge on any atom is 0.131 e. The quantitative estimate of drug-likeness (QED) is 0.698. The summed E-state index contributed by atoms with van der Waals surface area (Å²) in [5, 5.41) is 9.04. The number of aliphatic hydroxyl groups is 1. The Morgan fingerprint density at radius 1 is 1.53 bits per heavy atom. The predicted octanol–water partition coefficient (Wildman–Crippen LogP) is 1.03. The molecule has 15 heavy (non-hydrogen) atoms. The largest absolute Gasteiger partial charge is 0.394 e. The molecule has 82 valence electrons. The highest BCUT2D eigenvalue weighted by atomic mass is 16.3. The molecule has 4 heteroatoms. The lowest BCUT2D eigenvalue weighted by atomic mass is 9.91. The normalized spacial score (nSPS) is 25.1. The van der Waals surface area contributed by atoms with Crippen molar-refractivity contribution in [3.8, 4) is 0 Å². The third-order valence-electron chi connectivity index (χ3n) is 2.60. The van der Waals surface area contributed by atoms with Crippen LogP contribution in [0.25, 0.3) is 0 Å². The maximum atomic E-state index is 9.04. The number of rotatable bonds is 1. The number of nitrogens with zero attached hydrogens (tertiary/aromatic N) is 3. The lowest BCUT2D eigenvalue weighted by Crippen LogP contribution is -2.31. The van der Waals surface area contributed by atoms with Gasteiger partial charge in [-0.15, -0.1) is 0 Å². The van der Waals surface area contributed by atoms with Crippen molar-refractivity contribution in [2.24, 2.45) is 15.4 Å². The summed E-state index contributed by atoms with van der Waals surface area (Å²) < 4.78 is 0. The fourth-order valence-electron chi connectivity index (χ4n) is 1.65. The average molecular weight is 207 g/mol. The minimum Gasteiger partial charge on any atom is -0.394 e. The molecule has 0 spiro atoms. The van der Waals surface area contributed by atoms with Gasteiger partial charge in [0.05, 0.1) is 31.2 Å². The van der Waals surface area contributed by atoms with Gasteiger partial charge < -0.3 is 10.0 Å². The zero-order chi connectivity index (χ0) is 11.1. The summed E-state index contributed by atoms with van der Waals surface area (Å²) >= 11 is 0. The van der Waals surface area contributed by atoms with Gasteiger partial charge in [0.25, 0.3) is 0 Å². The first-order valence-electron chi connectivity index (χ1n) is 5.22. The van der Waals surface area contributed by atoms with E-state index in [1.165, 1.54) is 0 Å². The lowest BCUT2D eigenvalue weighted by Gasteiger charge is -2.24. The topological polar surface area (TPSA) is 48.2 Å². The van der Waals surface area contributed by atoms with Crippen LogP contribution in [0.2, 0.25) is 0 Å². The highest BCUT2D eigenvalue weighted by Crippen LogP contribution is 2.28. The van der Waals surface area contributed by atoms with E-state index in [-0.39, 0.29) is 18.1 Å². The molecule has 2 aliphatic rings. The van der Waals surface area contributed by atoms with E-state index in [9.17, 15) is 0 Å². The van der Waals surface area contributed by atoms with Crippen LogP contribution >= 0.6 is 0 Å². The molecule has 0 aliphatic carbocycles. The Kier molecular flexibility index (Phi) is 2.38. The smallest absolute Gasteiger partial charge is 0.131 e. The minimum absolute atomic E-state index is 0.00187. The number of hydrogen-bond acceptors (Lipinski definition) is 4. The summed E-state index contributed by atoms with van der Waals surface area (Å²) in [5.74, 6) is 0.925. The van der Waals surface area contributed by atoms with E-state index in [0.717, 1.165) is 18.1 Å². The van der Waals surface area contributed by atoms with Crippen LogP contribution in [-0.4, -0.2) is 41.4 Å². The van der Waals surface area contributed by atoms with E-state index in [4.69, 9.17) is 5.11 Å². The van der Waals surface area contributed by atoms with Gasteiger partial charge in [0.15, 0.2) is 0 Å². The molecule has 0 amide bonds. The van der Waals surface area contributed by atoms with Gasteiger partial charge >= 0.3 is 0 Å². The van der Waals surface area contributed by atoms with Gasteiger partial charge in [-0.2, -0.15) is 0 Å². The molecule has 0 saturated heterocycles. The molecular formula is C11H17N3O. The second-order valence-corrected chi connectivity index (χ2v) is 5.00. The van der Waals surface area contributed by atoms with Crippen LogP contribution in [-0.2, 0) is 0 Å². The fraction of sp³-hybridized carbons (Fsp3) is 0.636. The number of aliphatic hydroxyl groups excluding tert-OH is 1. The molecule has 1 N–H and O–H groups in total. The first kappa shape index (κ1) is 10.4. The number of aliphatic imine (C=N–C) groups is 2. The Morgan fingerprint density at radius 2 is 2.27 bits per heavy atom. The van der Waals surface area contributed by atoms with Gasteiger partial charge in [0.1, 0.15) is 5.84 Å². The monoisotopic (exact) mass is 207 g/mol. The van der Waals surface area contributed by atoms with Crippen molar-refractivity contribution >= 4 is 12.2 Å². The van der Waals surface area contributed by atoms with Crippen molar-refractivity contribution in [1.82, 2.24) is 4.90 Å². The Bertz CT molecular complexity index is 349. The zero-order valence-corrected chi connectivity index (χ0v) is 9.44. The van der Waals surface area contributed by atoms with Crippen LogP contribution in [0, 0.1) is 5.41 Å². The van der Waals surface area contributed by atoms with Gasteiger partial charge in [-0.05, 0) is 0 Å². The van der Waals surface area contributed by atoms with Crippen LogP contribution in [0.15, 0.2) is 21.8 Å². The molecule has 0 radical (unpaired) electrons. The first-order chi connectivity index (χ1) is 7.00. The van der Waals surface area contributed by atoms with Crippen molar-refractivity contribution < 1.29 is 5.11 Å². The molecule has 0 aromatic heterocycles. The van der Waals surface area contributed by atoms with E-state index < -0.39 is 0 Å². The van der Waals surface area contributed by atoms with Gasteiger partial charge in [-0.25, -0.2) is 4.99 Å². The minimum atomic E-state index is 0.00187. The van der Waals surface area contributed by atoms with Crippen molar-refractivity contribution in [1.29, 1.82) is 0 Å². The van der Waals surface area contributed by atoms with Gasteiger partial charge in [-0.3, -0.25) is 4.99 Å². The van der Waals surface area contributed by atoms with Crippen LogP contribution in [0.5, 0.6) is 0 Å². The van der Waals surface area contributed by atoms with Gasteiger partial charge in [0, 0.05) is 11.5 Å². The third kappa shape index (κ3) is 1.95. The summed E-state index contributed by atoms with van der Waals surface area (Å²) in [7, 11) is 0. The number of fused-ring (bicyclic) bond motifs is 1. The first-order valence-corrected chi connectivity index (χ1v) is 5.22. The molecule has 2 rings (SSSR count).